The molecule has 0 bridgehead atoms. The summed E-state index contributed by atoms with van der Waals surface area (Å²) in [5.74, 6) is -0.0339. The molecule has 0 aromatic heterocycles. The van der Waals surface area contributed by atoms with Crippen LogP contribution in [0.3, 0.4) is 0 Å². The number of nitrogens with one attached hydrogen (secondary N) is 1. The molecule has 1 amide bonds. The Bertz CT molecular complexity index is 619. The Morgan fingerprint density at radius 1 is 1.46 bits per heavy atom. The lowest BCUT2D eigenvalue weighted by Gasteiger charge is -2.26. The van der Waals surface area contributed by atoms with E-state index in [0.717, 1.165) is 36.8 Å². The second kappa shape index (κ2) is 7.98. The molecule has 1 unspecified atom stereocenters. The third-order valence-corrected chi connectivity index (χ3v) is 5.61. The van der Waals surface area contributed by atoms with Crippen molar-refractivity contribution in [2.24, 2.45) is 11.3 Å². The molecule has 1 spiro atoms. The van der Waals surface area contributed by atoms with E-state index in [0.29, 0.717) is 18.7 Å². The van der Waals surface area contributed by atoms with Crippen molar-refractivity contribution in [1.29, 1.82) is 0 Å². The summed E-state index contributed by atoms with van der Waals surface area (Å²) in [6, 6.07) is 4.84. The lowest BCUT2D eigenvalue weighted by atomic mass is 9.91. The van der Waals surface area contributed by atoms with Crippen molar-refractivity contribution >= 4 is 34.2 Å². The van der Waals surface area contributed by atoms with E-state index in [-0.39, 0.29) is 35.5 Å². The van der Waals surface area contributed by atoms with Gasteiger partial charge in [-0.15, -0.1) is 19.0 Å². The third-order valence-electron chi connectivity index (χ3n) is 5.12. The molecule has 1 aromatic rings. The van der Waals surface area contributed by atoms with Gasteiger partial charge in [0.1, 0.15) is 5.82 Å². The van der Waals surface area contributed by atoms with Crippen molar-refractivity contribution in [3.8, 4) is 0 Å². The Labute approximate surface area is 157 Å². The van der Waals surface area contributed by atoms with Crippen LogP contribution in [0, 0.1) is 17.2 Å². The first-order valence-corrected chi connectivity index (χ1v) is 8.89. The van der Waals surface area contributed by atoms with E-state index in [1.54, 1.807) is 23.1 Å². The molecule has 2 fully saturated rings. The minimum Gasteiger partial charge on any atom is -0.334 e. The molecule has 1 saturated heterocycles. The summed E-state index contributed by atoms with van der Waals surface area (Å²) < 4.78 is 14.8. The van der Waals surface area contributed by atoms with E-state index < -0.39 is 0 Å². The summed E-state index contributed by atoms with van der Waals surface area (Å²) in [6.45, 7) is 6.47. The lowest BCUT2D eigenvalue weighted by Crippen LogP contribution is -2.36. The van der Waals surface area contributed by atoms with Gasteiger partial charge < -0.3 is 10.2 Å². The zero-order valence-corrected chi connectivity index (χ0v) is 16.0. The van der Waals surface area contributed by atoms with Crippen molar-refractivity contribution in [2.45, 2.75) is 25.8 Å². The maximum atomic E-state index is 14.0. The number of carbonyl (C=O) groups is 1. The molecule has 1 aliphatic heterocycles. The topological polar surface area (TPSA) is 32.3 Å². The fourth-order valence-electron chi connectivity index (χ4n) is 3.65. The maximum Gasteiger partial charge on any atom is 0.226 e. The van der Waals surface area contributed by atoms with E-state index in [4.69, 9.17) is 0 Å². The van der Waals surface area contributed by atoms with Crippen molar-refractivity contribution in [3.05, 3.63) is 46.7 Å². The van der Waals surface area contributed by atoms with Gasteiger partial charge in [-0.1, -0.05) is 22.0 Å². The Morgan fingerprint density at radius 3 is 2.83 bits per heavy atom. The molecule has 132 valence electrons. The largest absolute Gasteiger partial charge is 0.334 e. The van der Waals surface area contributed by atoms with Gasteiger partial charge in [0, 0.05) is 29.0 Å². The number of halogens is 3. The van der Waals surface area contributed by atoms with Gasteiger partial charge in [-0.2, -0.15) is 0 Å². The lowest BCUT2D eigenvalue weighted by molar-refractivity contribution is -0.133. The Hall–Kier alpha value is -0.910. The number of hydrogen-bond acceptors (Lipinski definition) is 2. The average molecular weight is 418 g/mol. The van der Waals surface area contributed by atoms with Crippen molar-refractivity contribution < 1.29 is 9.18 Å². The van der Waals surface area contributed by atoms with Gasteiger partial charge in [-0.25, -0.2) is 4.39 Å². The summed E-state index contributed by atoms with van der Waals surface area (Å²) in [5, 5.41) is 3.35. The number of benzene rings is 1. The van der Waals surface area contributed by atoms with Crippen molar-refractivity contribution in [1.82, 2.24) is 10.2 Å². The van der Waals surface area contributed by atoms with Crippen LogP contribution in [0.2, 0.25) is 0 Å². The van der Waals surface area contributed by atoms with Gasteiger partial charge in [-0.05, 0) is 56.0 Å². The summed E-state index contributed by atoms with van der Waals surface area (Å²) in [7, 11) is 0. The summed E-state index contributed by atoms with van der Waals surface area (Å²) in [5.41, 5.74) is 0.729. The number of carbonyl (C=O) groups excluding carboxylic acids is 1. The van der Waals surface area contributed by atoms with Gasteiger partial charge in [0.05, 0.1) is 0 Å². The molecule has 1 heterocycles. The molecule has 1 saturated carbocycles. The molecular weight excluding hydrogens is 395 g/mol. The Kier molecular flexibility index (Phi) is 6.46. The second-order valence-corrected chi connectivity index (χ2v) is 7.53. The van der Waals surface area contributed by atoms with Gasteiger partial charge in [0.2, 0.25) is 5.91 Å². The van der Waals surface area contributed by atoms with Gasteiger partial charge in [-0.3, -0.25) is 4.79 Å². The van der Waals surface area contributed by atoms with Gasteiger partial charge in [0.15, 0.2) is 0 Å². The highest BCUT2D eigenvalue weighted by Crippen LogP contribution is 2.59. The predicted octanol–water partition coefficient (Wildman–Crippen LogP) is 3.91. The zero-order valence-electron chi connectivity index (χ0n) is 13.6. The van der Waals surface area contributed by atoms with E-state index >= 15 is 0 Å². The van der Waals surface area contributed by atoms with E-state index in [2.05, 4.69) is 27.8 Å². The van der Waals surface area contributed by atoms with Crippen molar-refractivity contribution in [2.75, 3.05) is 19.6 Å². The first-order valence-electron chi connectivity index (χ1n) is 8.10. The molecule has 3 rings (SSSR count). The monoisotopic (exact) mass is 416 g/mol. The van der Waals surface area contributed by atoms with Crippen LogP contribution < -0.4 is 5.32 Å². The van der Waals surface area contributed by atoms with Crippen LogP contribution in [-0.2, 0) is 11.3 Å². The summed E-state index contributed by atoms with van der Waals surface area (Å²) >= 11 is 3.36. The number of amides is 1. The number of piperidine rings is 1. The average Bonchev–Trinajstić information content (AvgIpc) is 3.23. The minimum absolute atomic E-state index is 0. The smallest absolute Gasteiger partial charge is 0.226 e. The fourth-order valence-corrected chi connectivity index (χ4v) is 4.06. The number of nitrogens with zero attached hydrogens (tertiary/aromatic N) is 1. The highest BCUT2D eigenvalue weighted by atomic mass is 79.9. The molecule has 1 aliphatic carbocycles. The number of rotatable bonds is 5. The number of hydrogen-bond donors (Lipinski definition) is 1. The molecule has 0 radical (unpaired) electrons. The maximum absolute atomic E-state index is 14.0. The van der Waals surface area contributed by atoms with Gasteiger partial charge >= 0.3 is 0 Å². The molecule has 1 atom stereocenters. The first-order chi connectivity index (χ1) is 11.1. The molecule has 24 heavy (non-hydrogen) atoms. The second-order valence-electron chi connectivity index (χ2n) is 6.61. The minimum atomic E-state index is -0.276. The molecule has 2 aliphatic rings. The van der Waals surface area contributed by atoms with Crippen LogP contribution in [-0.4, -0.2) is 30.4 Å². The molecular formula is C18H23BrClFN2O. The third kappa shape index (κ3) is 4.01. The SMILES string of the molecule is C=CCN(Cc1cc(Br)ccc1F)C(=O)C1CC12CCNCC2.Cl. The van der Waals surface area contributed by atoms with E-state index in [1.165, 1.54) is 6.07 Å². The summed E-state index contributed by atoms with van der Waals surface area (Å²) in [6.07, 6.45) is 4.82. The highest BCUT2D eigenvalue weighted by molar-refractivity contribution is 9.10. The van der Waals surface area contributed by atoms with Crippen LogP contribution in [0.15, 0.2) is 35.3 Å². The predicted molar refractivity (Wildman–Crippen MR) is 99.6 cm³/mol. The fraction of sp³-hybridized carbons (Fsp3) is 0.500. The highest BCUT2D eigenvalue weighted by Gasteiger charge is 2.58. The Morgan fingerprint density at radius 2 is 2.17 bits per heavy atom. The molecule has 3 nitrogen and oxygen atoms in total. The summed E-state index contributed by atoms with van der Waals surface area (Å²) in [4.78, 5) is 14.6. The molecule has 1 aromatic carbocycles. The standard InChI is InChI=1S/C18H22BrFN2O.ClH/c1-2-9-22(12-13-10-14(19)3-4-16(13)20)17(23)15-11-18(15)5-7-21-8-6-18;/h2-4,10,15,21H,1,5-9,11-12H2;1H. The van der Waals surface area contributed by atoms with Crippen LogP contribution in [0.1, 0.15) is 24.8 Å². The van der Waals surface area contributed by atoms with Crippen LogP contribution in [0.4, 0.5) is 4.39 Å². The van der Waals surface area contributed by atoms with Crippen LogP contribution >= 0.6 is 28.3 Å². The molecule has 6 heteroatoms. The van der Waals surface area contributed by atoms with E-state index in [9.17, 15) is 9.18 Å². The zero-order chi connectivity index (χ0) is 16.4. The van der Waals surface area contributed by atoms with Crippen LogP contribution in [0.25, 0.3) is 0 Å². The Balaban J connectivity index is 0.00000208. The first kappa shape index (κ1) is 19.4. The normalized spacial score (nSPS) is 21.0. The van der Waals surface area contributed by atoms with Gasteiger partial charge in [0.25, 0.3) is 0 Å². The van der Waals surface area contributed by atoms with Crippen LogP contribution in [0.5, 0.6) is 0 Å². The van der Waals surface area contributed by atoms with E-state index in [1.807, 2.05) is 0 Å². The quantitative estimate of drug-likeness (QED) is 0.737. The molecule has 1 N–H and O–H groups in total. The van der Waals surface area contributed by atoms with Crippen molar-refractivity contribution in [3.63, 3.8) is 0 Å².